The Hall–Kier alpha value is -2.53. The van der Waals surface area contributed by atoms with E-state index in [0.717, 1.165) is 0 Å². The number of ether oxygens (including phenoxy) is 2. The normalized spacial score (nSPS) is 12.8. The van der Waals surface area contributed by atoms with Crippen LogP contribution in [0.3, 0.4) is 0 Å². The van der Waals surface area contributed by atoms with Crippen LogP contribution in [0.4, 0.5) is 5.69 Å². The summed E-state index contributed by atoms with van der Waals surface area (Å²) in [5, 5.41) is 12.1. The number of benzene rings is 2. The number of anilines is 1. The molecule has 2 aromatic carbocycles. The van der Waals surface area contributed by atoms with Crippen LogP contribution in [0, 0.1) is 0 Å². The third-order valence-electron chi connectivity index (χ3n) is 3.25. The smallest absolute Gasteiger partial charge is 0.259 e. The number of aliphatic hydroxyl groups excluding tert-OH is 1. The first-order valence-corrected chi connectivity index (χ1v) is 6.68. The maximum Gasteiger partial charge on any atom is 0.259 e. The lowest BCUT2D eigenvalue weighted by atomic mass is 10.1. The standard InChI is InChI=1S/C16H15NO4/c18-10-11-4-1-2-6-13(11)17-16(19)12-5-3-7-14-15(12)21-9-8-20-14/h1-7,18H,8-10H2,(H,17,19). The van der Waals surface area contributed by atoms with E-state index in [4.69, 9.17) is 9.47 Å². The van der Waals surface area contributed by atoms with Gasteiger partial charge < -0.3 is 19.9 Å². The highest BCUT2D eigenvalue weighted by atomic mass is 16.6. The summed E-state index contributed by atoms with van der Waals surface area (Å²) >= 11 is 0. The molecule has 0 fully saturated rings. The second kappa shape index (κ2) is 5.85. The number of nitrogens with one attached hydrogen (secondary N) is 1. The summed E-state index contributed by atoms with van der Waals surface area (Å²) in [4.78, 5) is 12.4. The summed E-state index contributed by atoms with van der Waals surface area (Å²) in [6.45, 7) is 0.763. The molecule has 0 saturated carbocycles. The highest BCUT2D eigenvalue weighted by Gasteiger charge is 2.20. The Morgan fingerprint density at radius 2 is 1.90 bits per heavy atom. The van der Waals surface area contributed by atoms with Crippen molar-refractivity contribution in [3.05, 3.63) is 53.6 Å². The molecular weight excluding hydrogens is 270 g/mol. The molecule has 0 radical (unpaired) electrons. The Labute approximate surface area is 122 Å². The summed E-state index contributed by atoms with van der Waals surface area (Å²) in [6, 6.07) is 12.3. The molecule has 1 aliphatic rings. The van der Waals surface area contributed by atoms with Gasteiger partial charge in [-0.15, -0.1) is 0 Å². The number of rotatable bonds is 3. The number of hydrogen-bond donors (Lipinski definition) is 2. The largest absolute Gasteiger partial charge is 0.486 e. The minimum atomic E-state index is -0.293. The van der Waals surface area contributed by atoms with Crippen molar-refractivity contribution in [3.63, 3.8) is 0 Å². The molecule has 1 aliphatic heterocycles. The Balaban J connectivity index is 1.89. The molecule has 0 spiro atoms. The molecule has 21 heavy (non-hydrogen) atoms. The van der Waals surface area contributed by atoms with Crippen molar-refractivity contribution in [3.8, 4) is 11.5 Å². The van der Waals surface area contributed by atoms with E-state index >= 15 is 0 Å². The maximum absolute atomic E-state index is 12.4. The van der Waals surface area contributed by atoms with Crippen molar-refractivity contribution in [2.45, 2.75) is 6.61 Å². The number of fused-ring (bicyclic) bond motifs is 1. The number of amides is 1. The van der Waals surface area contributed by atoms with Gasteiger partial charge in [-0.25, -0.2) is 0 Å². The van der Waals surface area contributed by atoms with E-state index in [-0.39, 0.29) is 12.5 Å². The van der Waals surface area contributed by atoms with Crippen molar-refractivity contribution in [2.75, 3.05) is 18.5 Å². The summed E-state index contributed by atoms with van der Waals surface area (Å²) < 4.78 is 11.0. The topological polar surface area (TPSA) is 67.8 Å². The summed E-state index contributed by atoms with van der Waals surface area (Å²) in [5.74, 6) is 0.741. The van der Waals surface area contributed by atoms with Gasteiger partial charge >= 0.3 is 0 Å². The highest BCUT2D eigenvalue weighted by Crippen LogP contribution is 2.34. The van der Waals surface area contributed by atoms with Gasteiger partial charge in [-0.05, 0) is 18.2 Å². The molecular formula is C16H15NO4. The van der Waals surface area contributed by atoms with Crippen LogP contribution in [-0.2, 0) is 6.61 Å². The summed E-state index contributed by atoms with van der Waals surface area (Å²) in [5.41, 5.74) is 1.66. The van der Waals surface area contributed by atoms with Crippen LogP contribution in [-0.4, -0.2) is 24.2 Å². The molecule has 1 heterocycles. The van der Waals surface area contributed by atoms with Gasteiger partial charge in [-0.1, -0.05) is 24.3 Å². The molecule has 0 aromatic heterocycles. The Kier molecular flexibility index (Phi) is 3.75. The van der Waals surface area contributed by atoms with Gasteiger partial charge in [-0.3, -0.25) is 4.79 Å². The van der Waals surface area contributed by atoms with Crippen molar-refractivity contribution < 1.29 is 19.4 Å². The van der Waals surface area contributed by atoms with Crippen LogP contribution in [0.1, 0.15) is 15.9 Å². The molecule has 2 N–H and O–H groups in total. The highest BCUT2D eigenvalue weighted by molar-refractivity contribution is 6.07. The lowest BCUT2D eigenvalue weighted by molar-refractivity contribution is 0.101. The molecule has 3 rings (SSSR count). The van der Waals surface area contributed by atoms with Crippen LogP contribution >= 0.6 is 0 Å². The maximum atomic E-state index is 12.4. The zero-order valence-corrected chi connectivity index (χ0v) is 11.3. The van der Waals surface area contributed by atoms with Crippen molar-refractivity contribution in [2.24, 2.45) is 0 Å². The van der Waals surface area contributed by atoms with Gasteiger partial charge in [0.05, 0.1) is 12.2 Å². The number of carbonyl (C=O) groups is 1. The van der Waals surface area contributed by atoms with E-state index in [9.17, 15) is 9.90 Å². The molecule has 0 unspecified atom stereocenters. The average molecular weight is 285 g/mol. The van der Waals surface area contributed by atoms with Crippen LogP contribution in [0.25, 0.3) is 0 Å². The average Bonchev–Trinajstić information content (AvgIpc) is 2.54. The van der Waals surface area contributed by atoms with E-state index in [1.165, 1.54) is 0 Å². The van der Waals surface area contributed by atoms with E-state index in [0.29, 0.717) is 41.5 Å². The molecule has 2 aromatic rings. The fraction of sp³-hybridized carbons (Fsp3) is 0.188. The molecule has 0 atom stereocenters. The van der Waals surface area contributed by atoms with Gasteiger partial charge in [0.15, 0.2) is 11.5 Å². The number of aliphatic hydroxyl groups is 1. The van der Waals surface area contributed by atoms with Crippen LogP contribution < -0.4 is 14.8 Å². The minimum Gasteiger partial charge on any atom is -0.486 e. The molecule has 0 saturated heterocycles. The fourth-order valence-electron chi connectivity index (χ4n) is 2.22. The van der Waals surface area contributed by atoms with E-state index < -0.39 is 0 Å². The van der Waals surface area contributed by atoms with Crippen molar-refractivity contribution in [1.82, 2.24) is 0 Å². The molecule has 0 bridgehead atoms. The number of hydrogen-bond acceptors (Lipinski definition) is 4. The Morgan fingerprint density at radius 3 is 2.76 bits per heavy atom. The SMILES string of the molecule is O=C(Nc1ccccc1CO)c1cccc2c1OCCO2. The first-order chi connectivity index (χ1) is 10.3. The van der Waals surface area contributed by atoms with Crippen LogP contribution in [0.2, 0.25) is 0 Å². The number of carbonyl (C=O) groups excluding carboxylic acids is 1. The molecule has 1 amide bonds. The van der Waals surface area contributed by atoms with Crippen LogP contribution in [0.15, 0.2) is 42.5 Å². The molecule has 5 nitrogen and oxygen atoms in total. The van der Waals surface area contributed by atoms with E-state index in [1.54, 1.807) is 36.4 Å². The summed E-state index contributed by atoms with van der Waals surface area (Å²) in [6.07, 6.45) is 0. The third kappa shape index (κ3) is 2.68. The van der Waals surface area contributed by atoms with E-state index in [2.05, 4.69) is 5.32 Å². The lowest BCUT2D eigenvalue weighted by Gasteiger charge is -2.20. The quantitative estimate of drug-likeness (QED) is 0.907. The van der Waals surface area contributed by atoms with Crippen molar-refractivity contribution >= 4 is 11.6 Å². The van der Waals surface area contributed by atoms with Gasteiger partial charge in [0.1, 0.15) is 13.2 Å². The van der Waals surface area contributed by atoms with Crippen molar-refractivity contribution in [1.29, 1.82) is 0 Å². The third-order valence-corrected chi connectivity index (χ3v) is 3.25. The molecule has 5 heteroatoms. The van der Waals surface area contributed by atoms with Gasteiger partial charge in [0, 0.05) is 11.3 Å². The van der Waals surface area contributed by atoms with Gasteiger partial charge in [-0.2, -0.15) is 0 Å². The molecule has 108 valence electrons. The number of para-hydroxylation sites is 2. The van der Waals surface area contributed by atoms with Crippen LogP contribution in [0.5, 0.6) is 11.5 Å². The molecule has 0 aliphatic carbocycles. The predicted octanol–water partition coefficient (Wildman–Crippen LogP) is 2.20. The second-order valence-corrected chi connectivity index (χ2v) is 4.60. The van der Waals surface area contributed by atoms with E-state index in [1.807, 2.05) is 6.07 Å². The second-order valence-electron chi connectivity index (χ2n) is 4.60. The first kappa shape index (κ1) is 13.5. The first-order valence-electron chi connectivity index (χ1n) is 6.68. The zero-order chi connectivity index (χ0) is 14.7. The predicted molar refractivity (Wildman–Crippen MR) is 77.8 cm³/mol. The van der Waals surface area contributed by atoms with Gasteiger partial charge in [0.25, 0.3) is 5.91 Å². The summed E-state index contributed by atoms with van der Waals surface area (Å²) in [7, 11) is 0. The fourth-order valence-corrected chi connectivity index (χ4v) is 2.22. The Morgan fingerprint density at radius 1 is 1.10 bits per heavy atom. The Bertz CT molecular complexity index is 669. The van der Waals surface area contributed by atoms with Gasteiger partial charge in [0.2, 0.25) is 0 Å². The minimum absolute atomic E-state index is 0.136. The zero-order valence-electron chi connectivity index (χ0n) is 11.3. The monoisotopic (exact) mass is 285 g/mol. The lowest BCUT2D eigenvalue weighted by Crippen LogP contribution is -2.20.